The van der Waals surface area contributed by atoms with Crippen molar-refractivity contribution in [1.82, 2.24) is 9.78 Å². The lowest BCUT2D eigenvalue weighted by Crippen LogP contribution is -2.23. The molecule has 8 nitrogen and oxygen atoms in total. The highest BCUT2D eigenvalue weighted by Gasteiger charge is 2.13. The van der Waals surface area contributed by atoms with Crippen LogP contribution in [0.25, 0.3) is 11.3 Å². The number of ether oxygens (including phenoxy) is 2. The van der Waals surface area contributed by atoms with Crippen LogP contribution < -0.4 is 15.6 Å². The highest BCUT2D eigenvalue weighted by Crippen LogP contribution is 2.21. The molecule has 3 rings (SSSR count). The second-order valence-corrected chi connectivity index (χ2v) is 6.70. The standard InChI is InChI=1S/C23H23N3O5/c1-30-17-8-5-7-16(15-17)19-12-13-22(28)26(25-19)14-6-11-21(27)24-20-10-4-3-9-18(20)23(29)31-2/h3-5,7-10,12-13,15H,6,11,14H2,1-2H3,(H,24,27). The molecule has 2 aromatic carbocycles. The van der Waals surface area contributed by atoms with Gasteiger partial charge in [-0.2, -0.15) is 5.10 Å². The third-order valence-corrected chi connectivity index (χ3v) is 4.61. The summed E-state index contributed by atoms with van der Waals surface area (Å²) in [6.45, 7) is 0.280. The van der Waals surface area contributed by atoms with Crippen LogP contribution >= 0.6 is 0 Å². The average molecular weight is 421 g/mol. The molecule has 31 heavy (non-hydrogen) atoms. The van der Waals surface area contributed by atoms with E-state index in [9.17, 15) is 14.4 Å². The maximum Gasteiger partial charge on any atom is 0.339 e. The predicted molar refractivity (Wildman–Crippen MR) is 116 cm³/mol. The van der Waals surface area contributed by atoms with Gasteiger partial charge in [-0.25, -0.2) is 9.48 Å². The number of carbonyl (C=O) groups excluding carboxylic acids is 2. The Morgan fingerprint density at radius 1 is 1.03 bits per heavy atom. The number of nitrogens with one attached hydrogen (secondary N) is 1. The third-order valence-electron chi connectivity index (χ3n) is 4.61. The van der Waals surface area contributed by atoms with Crippen molar-refractivity contribution in [3.05, 3.63) is 76.6 Å². The van der Waals surface area contributed by atoms with Crippen molar-refractivity contribution >= 4 is 17.6 Å². The summed E-state index contributed by atoms with van der Waals surface area (Å²) < 4.78 is 11.3. The molecule has 0 atom stereocenters. The van der Waals surface area contributed by atoms with Crippen LogP contribution in [0.1, 0.15) is 23.2 Å². The van der Waals surface area contributed by atoms with E-state index >= 15 is 0 Å². The van der Waals surface area contributed by atoms with Crippen molar-refractivity contribution in [3.8, 4) is 17.0 Å². The number of hydrogen-bond acceptors (Lipinski definition) is 6. The Bertz CT molecular complexity index is 1140. The number of amides is 1. The fourth-order valence-electron chi connectivity index (χ4n) is 3.03. The summed E-state index contributed by atoms with van der Waals surface area (Å²) in [5.74, 6) is -0.102. The minimum absolute atomic E-state index is 0.160. The first-order valence-electron chi connectivity index (χ1n) is 9.71. The largest absolute Gasteiger partial charge is 0.497 e. The third kappa shape index (κ3) is 5.57. The van der Waals surface area contributed by atoms with Gasteiger partial charge in [0.15, 0.2) is 0 Å². The highest BCUT2D eigenvalue weighted by atomic mass is 16.5. The van der Waals surface area contributed by atoms with E-state index in [4.69, 9.17) is 9.47 Å². The van der Waals surface area contributed by atoms with Crippen LogP contribution in [0.3, 0.4) is 0 Å². The van der Waals surface area contributed by atoms with E-state index in [-0.39, 0.29) is 30.0 Å². The number of aryl methyl sites for hydroxylation is 1. The van der Waals surface area contributed by atoms with Crippen LogP contribution in [0.5, 0.6) is 5.75 Å². The molecule has 1 heterocycles. The SMILES string of the molecule is COC(=O)c1ccccc1NC(=O)CCCn1nc(-c2cccc(OC)c2)ccc1=O. The monoisotopic (exact) mass is 421 g/mol. The number of rotatable bonds is 8. The molecule has 0 aliphatic rings. The second kappa shape index (κ2) is 10.2. The Morgan fingerprint density at radius 2 is 1.84 bits per heavy atom. The van der Waals surface area contributed by atoms with Gasteiger partial charge in [0.05, 0.1) is 31.2 Å². The molecule has 0 unspecified atom stereocenters. The van der Waals surface area contributed by atoms with Crippen LogP contribution in [-0.2, 0) is 16.1 Å². The first-order valence-corrected chi connectivity index (χ1v) is 9.71. The van der Waals surface area contributed by atoms with Crippen molar-refractivity contribution in [3.63, 3.8) is 0 Å². The number of methoxy groups -OCH3 is 2. The smallest absolute Gasteiger partial charge is 0.339 e. The molecule has 0 spiro atoms. The minimum Gasteiger partial charge on any atom is -0.497 e. The summed E-state index contributed by atoms with van der Waals surface area (Å²) >= 11 is 0. The van der Waals surface area contributed by atoms with Gasteiger partial charge in [0.2, 0.25) is 5.91 Å². The van der Waals surface area contributed by atoms with E-state index < -0.39 is 5.97 Å². The Labute approximate surface area is 179 Å². The number of nitrogens with zero attached hydrogens (tertiary/aromatic N) is 2. The number of anilines is 1. The zero-order valence-corrected chi connectivity index (χ0v) is 17.3. The first kappa shape index (κ1) is 21.8. The number of para-hydroxylation sites is 1. The molecule has 1 aromatic heterocycles. The number of carbonyl (C=O) groups is 2. The Balaban J connectivity index is 1.64. The summed E-state index contributed by atoms with van der Waals surface area (Å²) in [5.41, 5.74) is 1.88. The molecule has 0 bridgehead atoms. The van der Waals surface area contributed by atoms with Crippen LogP contribution in [0.2, 0.25) is 0 Å². The highest BCUT2D eigenvalue weighted by molar-refractivity contribution is 6.01. The van der Waals surface area contributed by atoms with Crippen LogP contribution in [0.15, 0.2) is 65.5 Å². The van der Waals surface area contributed by atoms with Gasteiger partial charge in [-0.1, -0.05) is 24.3 Å². The summed E-state index contributed by atoms with van der Waals surface area (Å²) in [6.07, 6.45) is 0.563. The lowest BCUT2D eigenvalue weighted by atomic mass is 10.1. The fourth-order valence-corrected chi connectivity index (χ4v) is 3.03. The van der Waals surface area contributed by atoms with Crippen molar-refractivity contribution in [2.24, 2.45) is 0 Å². The van der Waals surface area contributed by atoms with Gasteiger partial charge in [-0.05, 0) is 36.8 Å². The Hall–Kier alpha value is -3.94. The summed E-state index contributed by atoms with van der Waals surface area (Å²) in [5, 5.41) is 7.12. The topological polar surface area (TPSA) is 99.5 Å². The molecule has 160 valence electrons. The number of benzene rings is 2. The molecule has 3 aromatic rings. The Kier molecular flexibility index (Phi) is 7.16. The van der Waals surface area contributed by atoms with E-state index in [0.717, 1.165) is 5.56 Å². The van der Waals surface area contributed by atoms with E-state index in [1.54, 1.807) is 37.4 Å². The number of hydrogen-bond donors (Lipinski definition) is 1. The second-order valence-electron chi connectivity index (χ2n) is 6.70. The molecular weight excluding hydrogens is 398 g/mol. The van der Waals surface area contributed by atoms with Crippen LogP contribution in [0, 0.1) is 0 Å². The molecule has 0 radical (unpaired) electrons. The fraction of sp³-hybridized carbons (Fsp3) is 0.217. The lowest BCUT2D eigenvalue weighted by Gasteiger charge is -2.10. The van der Waals surface area contributed by atoms with Gasteiger partial charge in [-0.15, -0.1) is 0 Å². The quantitative estimate of drug-likeness (QED) is 0.561. The van der Waals surface area contributed by atoms with Crippen LogP contribution in [0.4, 0.5) is 5.69 Å². The molecule has 8 heteroatoms. The van der Waals surface area contributed by atoms with E-state index in [1.165, 1.54) is 17.9 Å². The molecule has 1 N–H and O–H groups in total. The molecule has 0 saturated carbocycles. The summed E-state index contributed by atoms with van der Waals surface area (Å²) in [6, 6.07) is 17.1. The van der Waals surface area contributed by atoms with Crippen LogP contribution in [-0.4, -0.2) is 35.9 Å². The zero-order chi connectivity index (χ0) is 22.2. The van der Waals surface area contributed by atoms with Gasteiger partial charge >= 0.3 is 5.97 Å². The van der Waals surface area contributed by atoms with Gasteiger partial charge in [0.1, 0.15) is 5.75 Å². The van der Waals surface area contributed by atoms with Gasteiger partial charge in [0, 0.05) is 24.6 Å². The number of esters is 1. The van der Waals surface area contributed by atoms with E-state index in [1.807, 2.05) is 24.3 Å². The van der Waals surface area contributed by atoms with Crippen molar-refractivity contribution < 1.29 is 19.1 Å². The normalized spacial score (nSPS) is 10.4. The summed E-state index contributed by atoms with van der Waals surface area (Å²) in [4.78, 5) is 36.3. The average Bonchev–Trinajstić information content (AvgIpc) is 2.80. The van der Waals surface area contributed by atoms with E-state index in [0.29, 0.717) is 23.6 Å². The predicted octanol–water partition coefficient (Wildman–Crippen LogP) is 3.12. The maximum atomic E-state index is 12.3. The zero-order valence-electron chi connectivity index (χ0n) is 17.3. The van der Waals surface area contributed by atoms with Gasteiger partial charge in [-0.3, -0.25) is 9.59 Å². The molecule has 0 aliphatic carbocycles. The van der Waals surface area contributed by atoms with Gasteiger partial charge in [0.25, 0.3) is 5.56 Å². The molecule has 0 aliphatic heterocycles. The first-order chi connectivity index (χ1) is 15.0. The van der Waals surface area contributed by atoms with Crippen molar-refractivity contribution in [1.29, 1.82) is 0 Å². The van der Waals surface area contributed by atoms with Crippen molar-refractivity contribution in [2.45, 2.75) is 19.4 Å². The Morgan fingerprint density at radius 3 is 2.61 bits per heavy atom. The minimum atomic E-state index is -0.527. The van der Waals surface area contributed by atoms with Gasteiger partial charge < -0.3 is 14.8 Å². The lowest BCUT2D eigenvalue weighted by molar-refractivity contribution is -0.116. The molecular formula is C23H23N3O5. The van der Waals surface area contributed by atoms with Crippen molar-refractivity contribution in [2.75, 3.05) is 19.5 Å². The molecule has 0 fully saturated rings. The summed E-state index contributed by atoms with van der Waals surface area (Å²) in [7, 11) is 2.87. The molecule has 1 amide bonds. The maximum absolute atomic E-state index is 12.3. The van der Waals surface area contributed by atoms with E-state index in [2.05, 4.69) is 10.4 Å². The molecule has 0 saturated heterocycles. The number of aromatic nitrogens is 2.